The molecule has 0 saturated carbocycles. The van der Waals surface area contributed by atoms with Crippen LogP contribution in [0.2, 0.25) is 5.02 Å². The zero-order valence-corrected chi connectivity index (χ0v) is 19.3. The van der Waals surface area contributed by atoms with E-state index in [0.717, 1.165) is 12.0 Å². The minimum atomic E-state index is -0.695. The summed E-state index contributed by atoms with van der Waals surface area (Å²) in [5, 5.41) is 6.48. The number of amides is 3. The third-order valence-electron chi connectivity index (χ3n) is 5.75. The van der Waals surface area contributed by atoms with Crippen LogP contribution in [0.4, 0.5) is 0 Å². The second kappa shape index (κ2) is 11.1. The molecule has 2 aromatic carbocycles. The third kappa shape index (κ3) is 5.88. The number of halogens is 1. The minimum Gasteiger partial charge on any atom is -0.354 e. The summed E-state index contributed by atoms with van der Waals surface area (Å²) in [6, 6.07) is 15.1. The molecule has 2 N–H and O–H groups in total. The van der Waals surface area contributed by atoms with Gasteiger partial charge in [-0.3, -0.25) is 14.4 Å². The number of hydrogen-bond acceptors (Lipinski definition) is 3. The van der Waals surface area contributed by atoms with Crippen LogP contribution < -0.4 is 10.6 Å². The Morgan fingerprint density at radius 3 is 2.44 bits per heavy atom. The maximum Gasteiger partial charge on any atom is 0.251 e. The SMILES string of the molecule is CC(C)[C@H](NC(=O)c1ccccc1)C(=O)N1CCC[C@H]1C(=O)NCCc1ccccc1Cl. The van der Waals surface area contributed by atoms with E-state index in [2.05, 4.69) is 10.6 Å². The van der Waals surface area contributed by atoms with E-state index in [1.807, 2.05) is 44.2 Å². The Morgan fingerprint density at radius 2 is 1.75 bits per heavy atom. The summed E-state index contributed by atoms with van der Waals surface area (Å²) in [7, 11) is 0. The van der Waals surface area contributed by atoms with Crippen LogP contribution in [-0.4, -0.2) is 47.8 Å². The number of carbonyl (C=O) groups is 3. The number of rotatable bonds is 8. The largest absolute Gasteiger partial charge is 0.354 e. The van der Waals surface area contributed by atoms with Crippen molar-refractivity contribution in [2.75, 3.05) is 13.1 Å². The zero-order chi connectivity index (χ0) is 23.1. The van der Waals surface area contributed by atoms with Crippen molar-refractivity contribution in [2.45, 2.75) is 45.2 Å². The van der Waals surface area contributed by atoms with Gasteiger partial charge in [0.15, 0.2) is 0 Å². The van der Waals surface area contributed by atoms with Crippen molar-refractivity contribution in [3.8, 4) is 0 Å². The molecule has 2 aromatic rings. The first-order valence-corrected chi connectivity index (χ1v) is 11.4. The fourth-order valence-electron chi connectivity index (χ4n) is 3.95. The van der Waals surface area contributed by atoms with Crippen molar-refractivity contribution in [1.29, 1.82) is 0 Å². The number of nitrogens with one attached hydrogen (secondary N) is 2. The lowest BCUT2D eigenvalue weighted by molar-refractivity contribution is -0.140. The first kappa shape index (κ1) is 23.8. The Bertz CT molecular complexity index is 948. The van der Waals surface area contributed by atoms with E-state index < -0.39 is 12.1 Å². The Morgan fingerprint density at radius 1 is 1.06 bits per heavy atom. The van der Waals surface area contributed by atoms with Crippen LogP contribution in [0.3, 0.4) is 0 Å². The van der Waals surface area contributed by atoms with Gasteiger partial charge >= 0.3 is 0 Å². The number of nitrogens with zero attached hydrogens (tertiary/aromatic N) is 1. The van der Waals surface area contributed by atoms with Gasteiger partial charge in [0.25, 0.3) is 5.91 Å². The van der Waals surface area contributed by atoms with Crippen LogP contribution >= 0.6 is 11.6 Å². The van der Waals surface area contributed by atoms with Crippen LogP contribution in [0.15, 0.2) is 54.6 Å². The molecule has 170 valence electrons. The summed E-state index contributed by atoms with van der Waals surface area (Å²) in [4.78, 5) is 40.4. The van der Waals surface area contributed by atoms with E-state index in [1.54, 1.807) is 29.2 Å². The van der Waals surface area contributed by atoms with Gasteiger partial charge in [-0.15, -0.1) is 0 Å². The molecule has 1 aliphatic rings. The molecular weight excluding hydrogens is 426 g/mol. The maximum atomic E-state index is 13.3. The second-order valence-electron chi connectivity index (χ2n) is 8.38. The van der Waals surface area contributed by atoms with Crippen molar-refractivity contribution in [2.24, 2.45) is 5.92 Å². The average Bonchev–Trinajstić information content (AvgIpc) is 3.28. The van der Waals surface area contributed by atoms with Crippen molar-refractivity contribution in [1.82, 2.24) is 15.5 Å². The van der Waals surface area contributed by atoms with Gasteiger partial charge in [0, 0.05) is 23.7 Å². The fourth-order valence-corrected chi connectivity index (χ4v) is 4.18. The van der Waals surface area contributed by atoms with E-state index in [1.165, 1.54) is 0 Å². The first-order valence-electron chi connectivity index (χ1n) is 11.1. The van der Waals surface area contributed by atoms with Crippen molar-refractivity contribution >= 4 is 29.3 Å². The van der Waals surface area contributed by atoms with Crippen LogP contribution in [0.25, 0.3) is 0 Å². The highest BCUT2D eigenvalue weighted by molar-refractivity contribution is 6.31. The Balaban J connectivity index is 1.61. The number of likely N-dealkylation sites (tertiary alicyclic amines) is 1. The van der Waals surface area contributed by atoms with Crippen LogP contribution in [0, 0.1) is 5.92 Å². The molecule has 0 bridgehead atoms. The van der Waals surface area contributed by atoms with Gasteiger partial charge in [0.1, 0.15) is 12.1 Å². The smallest absolute Gasteiger partial charge is 0.251 e. The molecule has 3 rings (SSSR count). The molecule has 1 aliphatic heterocycles. The molecule has 1 saturated heterocycles. The Hall–Kier alpha value is -2.86. The molecule has 1 fully saturated rings. The summed E-state index contributed by atoms with van der Waals surface area (Å²) >= 11 is 6.18. The lowest BCUT2D eigenvalue weighted by Gasteiger charge is -2.30. The highest BCUT2D eigenvalue weighted by atomic mass is 35.5. The second-order valence-corrected chi connectivity index (χ2v) is 8.79. The monoisotopic (exact) mass is 455 g/mol. The van der Waals surface area contributed by atoms with Crippen molar-refractivity contribution < 1.29 is 14.4 Å². The van der Waals surface area contributed by atoms with Gasteiger partial charge in [0.05, 0.1) is 0 Å². The Labute approximate surface area is 194 Å². The normalized spacial score (nSPS) is 16.6. The fraction of sp³-hybridized carbons (Fsp3) is 0.400. The minimum absolute atomic E-state index is 0.111. The molecule has 3 amide bonds. The standard InChI is InChI=1S/C25H30ClN3O3/c1-17(2)22(28-23(30)19-10-4-3-5-11-19)25(32)29-16-8-13-21(29)24(31)27-15-14-18-9-6-7-12-20(18)26/h3-7,9-12,17,21-22H,8,13-16H2,1-2H3,(H,27,31)(H,28,30)/t21-,22-/m0/s1. The van der Waals surface area contributed by atoms with Crippen LogP contribution in [0.1, 0.15) is 42.6 Å². The molecular formula is C25H30ClN3O3. The highest BCUT2D eigenvalue weighted by Gasteiger charge is 2.38. The van der Waals surface area contributed by atoms with Crippen molar-refractivity contribution in [3.05, 3.63) is 70.7 Å². The quantitative estimate of drug-likeness (QED) is 0.640. The van der Waals surface area contributed by atoms with Gasteiger partial charge in [-0.1, -0.05) is 61.8 Å². The lowest BCUT2D eigenvalue weighted by atomic mass is 10.0. The highest BCUT2D eigenvalue weighted by Crippen LogP contribution is 2.21. The molecule has 1 heterocycles. The summed E-state index contributed by atoms with van der Waals surface area (Å²) < 4.78 is 0. The zero-order valence-electron chi connectivity index (χ0n) is 18.5. The molecule has 0 radical (unpaired) electrons. The summed E-state index contributed by atoms with van der Waals surface area (Å²) in [5.74, 6) is -0.787. The molecule has 0 spiro atoms. The van der Waals surface area contributed by atoms with Gasteiger partial charge < -0.3 is 15.5 Å². The van der Waals surface area contributed by atoms with Crippen LogP contribution in [0.5, 0.6) is 0 Å². The van der Waals surface area contributed by atoms with Gasteiger partial charge in [-0.25, -0.2) is 0 Å². The van der Waals surface area contributed by atoms with E-state index in [0.29, 0.717) is 36.5 Å². The maximum absolute atomic E-state index is 13.3. The summed E-state index contributed by atoms with van der Waals surface area (Å²) in [6.45, 7) is 4.73. The predicted octanol–water partition coefficient (Wildman–Crippen LogP) is 3.44. The molecule has 2 atom stereocenters. The predicted molar refractivity (Wildman–Crippen MR) is 125 cm³/mol. The average molecular weight is 456 g/mol. The number of hydrogen-bond donors (Lipinski definition) is 2. The third-order valence-corrected chi connectivity index (χ3v) is 6.11. The van der Waals surface area contributed by atoms with E-state index in [9.17, 15) is 14.4 Å². The van der Waals surface area contributed by atoms with Gasteiger partial charge in [-0.2, -0.15) is 0 Å². The molecule has 6 nitrogen and oxygen atoms in total. The molecule has 0 unspecified atom stereocenters. The van der Waals surface area contributed by atoms with Crippen molar-refractivity contribution in [3.63, 3.8) is 0 Å². The summed E-state index contributed by atoms with van der Waals surface area (Å²) in [6.07, 6.45) is 1.99. The van der Waals surface area contributed by atoms with Gasteiger partial charge in [0.2, 0.25) is 11.8 Å². The molecule has 32 heavy (non-hydrogen) atoms. The van der Waals surface area contributed by atoms with Gasteiger partial charge in [-0.05, 0) is 48.9 Å². The number of carbonyl (C=O) groups excluding carboxylic acids is 3. The van der Waals surface area contributed by atoms with Crippen LogP contribution in [-0.2, 0) is 16.0 Å². The summed E-state index contributed by atoms with van der Waals surface area (Å²) in [5.41, 5.74) is 1.47. The molecule has 0 aliphatic carbocycles. The molecule has 0 aromatic heterocycles. The van der Waals surface area contributed by atoms with E-state index in [-0.39, 0.29) is 23.6 Å². The number of benzene rings is 2. The lowest BCUT2D eigenvalue weighted by Crippen LogP contribution is -2.55. The van der Waals surface area contributed by atoms with E-state index >= 15 is 0 Å². The molecule has 7 heteroatoms. The first-order chi connectivity index (χ1) is 15.4. The Kier molecular flexibility index (Phi) is 8.28. The topological polar surface area (TPSA) is 78.5 Å². The van der Waals surface area contributed by atoms with E-state index in [4.69, 9.17) is 11.6 Å².